The average Bonchev–Trinajstić information content (AvgIpc) is 2.96. The number of aliphatic carboxylic acids is 3. The maximum Gasteiger partial charge on any atom is 0.326 e. The summed E-state index contributed by atoms with van der Waals surface area (Å²) in [6.45, 7) is 0.737. The van der Waals surface area contributed by atoms with Gasteiger partial charge < -0.3 is 42.3 Å². The Morgan fingerprint density at radius 2 is 1.41 bits per heavy atom. The van der Waals surface area contributed by atoms with Crippen LogP contribution in [0.2, 0.25) is 0 Å². The van der Waals surface area contributed by atoms with E-state index in [1.807, 2.05) is 42.5 Å². The zero-order chi connectivity index (χ0) is 33.5. The van der Waals surface area contributed by atoms with Crippen LogP contribution in [0.15, 0.2) is 42.5 Å². The molecule has 14 heteroatoms. The Bertz CT molecular complexity index is 1480. The second-order valence-corrected chi connectivity index (χ2v) is 12.5. The fraction of sp³-hybridized carbons (Fsp3) is 0.500. The van der Waals surface area contributed by atoms with Crippen molar-refractivity contribution in [3.63, 3.8) is 0 Å². The van der Waals surface area contributed by atoms with E-state index in [4.69, 9.17) is 10.8 Å². The molecule has 3 atom stereocenters. The van der Waals surface area contributed by atoms with Gasteiger partial charge in [-0.3, -0.25) is 14.4 Å². The van der Waals surface area contributed by atoms with Crippen LogP contribution in [-0.2, 0) is 30.4 Å². The van der Waals surface area contributed by atoms with Crippen molar-refractivity contribution in [2.45, 2.75) is 75.9 Å². The van der Waals surface area contributed by atoms with E-state index in [1.165, 1.54) is 0 Å². The van der Waals surface area contributed by atoms with Gasteiger partial charge in [0.2, 0.25) is 11.8 Å². The number of carboxylic acid groups (broad SMARTS) is 3. The Kier molecular flexibility index (Phi) is 10.8. The van der Waals surface area contributed by atoms with Gasteiger partial charge >= 0.3 is 23.9 Å². The summed E-state index contributed by atoms with van der Waals surface area (Å²) in [4.78, 5) is 72.5. The van der Waals surface area contributed by atoms with E-state index < -0.39 is 53.9 Å². The molecule has 2 aromatic rings. The molecule has 3 saturated carbocycles. The molecule has 3 aliphatic rings. The predicted octanol–water partition coefficient (Wildman–Crippen LogP) is 1.35. The third-order valence-electron chi connectivity index (χ3n) is 9.00. The minimum Gasteiger partial charge on any atom is -0.481 e. The summed E-state index contributed by atoms with van der Waals surface area (Å²) in [5.41, 5.74) is 6.33. The fourth-order valence-electron chi connectivity index (χ4n) is 6.53. The molecule has 0 unspecified atom stereocenters. The number of nitrogens with two attached hydrogens (primary N) is 1. The Morgan fingerprint density at radius 1 is 0.783 bits per heavy atom. The molecule has 3 fully saturated rings. The molecule has 9 N–H and O–H groups in total. The highest BCUT2D eigenvalue weighted by molar-refractivity contribution is 5.92. The van der Waals surface area contributed by atoms with Gasteiger partial charge in [0.15, 0.2) is 0 Å². The second kappa shape index (κ2) is 14.6. The predicted molar refractivity (Wildman–Crippen MR) is 166 cm³/mol. The van der Waals surface area contributed by atoms with E-state index in [2.05, 4.69) is 21.3 Å². The molecule has 0 radical (unpaired) electrons. The minimum atomic E-state index is -1.50. The van der Waals surface area contributed by atoms with Gasteiger partial charge in [-0.1, -0.05) is 42.5 Å². The molecule has 2 aromatic carbocycles. The van der Waals surface area contributed by atoms with Gasteiger partial charge in [-0.15, -0.1) is 0 Å². The molecule has 3 aliphatic carbocycles. The number of fused-ring (bicyclic) bond motifs is 1. The minimum absolute atomic E-state index is 0.00580. The lowest BCUT2D eigenvalue weighted by atomic mass is 9.35. The fourth-order valence-corrected chi connectivity index (χ4v) is 6.53. The molecular formula is C32H41N5O9. The molecule has 0 aromatic heterocycles. The number of amides is 4. The molecule has 0 spiro atoms. The number of hydrogen-bond donors (Lipinski definition) is 8. The lowest BCUT2D eigenvalue weighted by Gasteiger charge is -2.69. The van der Waals surface area contributed by atoms with Crippen LogP contribution in [0, 0.1) is 10.8 Å². The molecule has 5 rings (SSSR count). The molecular weight excluding hydrogens is 598 g/mol. The summed E-state index contributed by atoms with van der Waals surface area (Å²) in [6.07, 6.45) is 2.26. The number of unbranched alkanes of at least 4 members (excludes halogenated alkanes) is 1. The van der Waals surface area contributed by atoms with Crippen LogP contribution in [0.3, 0.4) is 0 Å². The monoisotopic (exact) mass is 639 g/mol. The van der Waals surface area contributed by atoms with Crippen LogP contribution in [0.25, 0.3) is 10.8 Å². The summed E-state index contributed by atoms with van der Waals surface area (Å²) in [6, 6.07) is 9.03. The summed E-state index contributed by atoms with van der Waals surface area (Å²) >= 11 is 0. The molecule has 4 amide bonds. The van der Waals surface area contributed by atoms with Crippen LogP contribution in [0.4, 0.5) is 4.79 Å². The molecule has 0 saturated heterocycles. The van der Waals surface area contributed by atoms with Crippen molar-refractivity contribution in [3.05, 3.63) is 48.0 Å². The molecule has 0 aliphatic heterocycles. The average molecular weight is 640 g/mol. The van der Waals surface area contributed by atoms with Gasteiger partial charge in [0, 0.05) is 19.4 Å². The van der Waals surface area contributed by atoms with Gasteiger partial charge in [-0.25, -0.2) is 14.4 Å². The lowest BCUT2D eigenvalue weighted by molar-refractivity contribution is -0.203. The number of urea groups is 1. The van der Waals surface area contributed by atoms with Gasteiger partial charge in [0.05, 0.1) is 5.41 Å². The highest BCUT2D eigenvalue weighted by Crippen LogP contribution is 2.72. The number of nitrogens with one attached hydrogen (secondary N) is 4. The van der Waals surface area contributed by atoms with E-state index in [0.29, 0.717) is 19.4 Å². The number of carboxylic acids is 3. The van der Waals surface area contributed by atoms with Crippen LogP contribution in [0.5, 0.6) is 0 Å². The summed E-state index contributed by atoms with van der Waals surface area (Å²) in [7, 11) is 0. The topological polar surface area (TPSA) is 237 Å². The van der Waals surface area contributed by atoms with E-state index in [-0.39, 0.29) is 43.0 Å². The van der Waals surface area contributed by atoms with Crippen molar-refractivity contribution >= 4 is 46.5 Å². The van der Waals surface area contributed by atoms with Gasteiger partial charge in [0.25, 0.3) is 0 Å². The molecule has 14 nitrogen and oxygen atoms in total. The third kappa shape index (κ3) is 8.30. The van der Waals surface area contributed by atoms with E-state index in [0.717, 1.165) is 35.6 Å². The zero-order valence-corrected chi connectivity index (χ0v) is 25.4. The number of carbonyl (C=O) groups is 6. The maximum absolute atomic E-state index is 13.3. The van der Waals surface area contributed by atoms with Crippen molar-refractivity contribution in [2.75, 3.05) is 13.1 Å². The van der Waals surface area contributed by atoms with Crippen molar-refractivity contribution in [2.24, 2.45) is 16.6 Å². The summed E-state index contributed by atoms with van der Waals surface area (Å²) in [5, 5.41) is 39.6. The first-order valence-electron chi connectivity index (χ1n) is 15.4. The summed E-state index contributed by atoms with van der Waals surface area (Å²) in [5.74, 6) is -4.53. The maximum atomic E-state index is 13.3. The molecule has 2 bridgehead atoms. The number of hydrogen-bond acceptors (Lipinski definition) is 7. The van der Waals surface area contributed by atoms with Gasteiger partial charge in [0.1, 0.15) is 18.1 Å². The smallest absolute Gasteiger partial charge is 0.326 e. The third-order valence-corrected chi connectivity index (χ3v) is 9.00. The van der Waals surface area contributed by atoms with E-state index >= 15 is 0 Å². The number of rotatable bonds is 18. The first-order chi connectivity index (χ1) is 21.8. The van der Waals surface area contributed by atoms with Crippen LogP contribution in [-0.4, -0.2) is 82.3 Å². The Hall–Kier alpha value is -4.72. The normalized spacial score (nSPS) is 21.4. The Morgan fingerprint density at radius 3 is 2.02 bits per heavy atom. The van der Waals surface area contributed by atoms with Crippen molar-refractivity contribution < 1.29 is 44.1 Å². The second-order valence-electron chi connectivity index (χ2n) is 12.5. The van der Waals surface area contributed by atoms with Crippen molar-refractivity contribution in [1.29, 1.82) is 0 Å². The summed E-state index contributed by atoms with van der Waals surface area (Å²) < 4.78 is 0. The van der Waals surface area contributed by atoms with Crippen LogP contribution in [0.1, 0.15) is 56.9 Å². The molecule has 46 heavy (non-hydrogen) atoms. The quantitative estimate of drug-likeness (QED) is 0.109. The highest BCUT2D eigenvalue weighted by atomic mass is 16.4. The number of benzene rings is 2. The van der Waals surface area contributed by atoms with E-state index in [1.54, 1.807) is 0 Å². The largest absolute Gasteiger partial charge is 0.481 e. The number of carbonyl (C=O) groups excluding carboxylic acids is 3. The Labute approximate surface area is 265 Å². The lowest BCUT2D eigenvalue weighted by Crippen LogP contribution is -2.71. The molecule has 0 heterocycles. The zero-order valence-electron chi connectivity index (χ0n) is 25.4. The standard InChI is InChI=1S/C32H41N5O9/c33-18-31-15-32(16-31,17-31)29(45)35-24(14-19-8-9-20-5-1-2-6-21(20)13-19)26(40)34-12-4-3-7-22(27(41)42)36-30(46)37-23(28(43)44)10-11-25(38)39/h1-2,5-6,8-9,13,22-24H,3-4,7,10-12,14-18,33H2,(H,34,40)(H,35,45)(H,38,39)(H,41,42)(H,43,44)(H2,36,37,46)/t22-,23-,24-,31?,32?/m0/s1. The van der Waals surface area contributed by atoms with Gasteiger partial charge in [-0.2, -0.15) is 0 Å². The van der Waals surface area contributed by atoms with Crippen molar-refractivity contribution in [3.8, 4) is 0 Å². The van der Waals surface area contributed by atoms with Gasteiger partial charge in [-0.05, 0) is 73.2 Å². The highest BCUT2D eigenvalue weighted by Gasteiger charge is 2.70. The molecule has 248 valence electrons. The first-order valence-corrected chi connectivity index (χ1v) is 15.4. The Balaban J connectivity index is 1.28. The SMILES string of the molecule is NCC12CC(C(=O)N[C@@H](Cc3ccc4ccccc4c3)C(=O)NCCCC[C@H](NC(=O)N[C@@H](CCC(=O)O)C(=O)O)C(=O)O)(C1)C2. The van der Waals surface area contributed by atoms with Crippen LogP contribution >= 0.6 is 0 Å². The van der Waals surface area contributed by atoms with E-state index in [9.17, 15) is 39.0 Å². The van der Waals surface area contributed by atoms with Crippen molar-refractivity contribution in [1.82, 2.24) is 21.3 Å². The van der Waals surface area contributed by atoms with Crippen LogP contribution < -0.4 is 27.0 Å². The first kappa shape index (κ1) is 34.2.